The van der Waals surface area contributed by atoms with Gasteiger partial charge in [0.1, 0.15) is 5.82 Å². The van der Waals surface area contributed by atoms with Crippen molar-refractivity contribution in [3.63, 3.8) is 0 Å². The zero-order valence-electron chi connectivity index (χ0n) is 14.5. The summed E-state index contributed by atoms with van der Waals surface area (Å²) in [5.74, 6) is 1.57. The van der Waals surface area contributed by atoms with Crippen LogP contribution in [0.3, 0.4) is 0 Å². The van der Waals surface area contributed by atoms with Gasteiger partial charge in [0.15, 0.2) is 0 Å². The molecular weight excluding hydrogens is 274 g/mol. The Hall–Kier alpha value is -1.88. The summed E-state index contributed by atoms with van der Waals surface area (Å²) in [6, 6.07) is 4.33. The van der Waals surface area contributed by atoms with Crippen LogP contribution in [0.1, 0.15) is 49.6 Å². The average Bonchev–Trinajstić information content (AvgIpc) is 2.82. The molecular formula is C17H27N5. The number of nitrogens with one attached hydrogen (secondary N) is 1. The quantitative estimate of drug-likeness (QED) is 0.891. The maximum atomic E-state index is 4.70. The first-order valence-corrected chi connectivity index (χ1v) is 7.78. The third-order valence-corrected chi connectivity index (χ3v) is 3.88. The third kappa shape index (κ3) is 3.47. The zero-order chi connectivity index (χ0) is 16.3. The Labute approximate surface area is 133 Å². The number of hydrogen-bond acceptors (Lipinski definition) is 4. The molecule has 5 nitrogen and oxygen atoms in total. The van der Waals surface area contributed by atoms with E-state index in [2.05, 4.69) is 56.1 Å². The van der Waals surface area contributed by atoms with Crippen molar-refractivity contribution < 1.29 is 0 Å². The van der Waals surface area contributed by atoms with Crippen molar-refractivity contribution in [2.75, 3.05) is 19.0 Å². The van der Waals surface area contributed by atoms with Crippen molar-refractivity contribution in [2.45, 2.75) is 39.3 Å². The van der Waals surface area contributed by atoms with E-state index in [0.29, 0.717) is 5.92 Å². The Kier molecular flexibility index (Phi) is 5.19. The molecule has 22 heavy (non-hydrogen) atoms. The van der Waals surface area contributed by atoms with Crippen LogP contribution in [0.5, 0.6) is 0 Å². The maximum absolute atomic E-state index is 4.70. The van der Waals surface area contributed by atoms with Gasteiger partial charge in [-0.05, 0) is 24.5 Å². The molecule has 2 rings (SSSR count). The molecule has 120 valence electrons. The van der Waals surface area contributed by atoms with Crippen LogP contribution < -0.4 is 10.2 Å². The summed E-state index contributed by atoms with van der Waals surface area (Å²) in [4.78, 5) is 6.32. The molecule has 0 aliphatic rings. The fourth-order valence-electron chi connectivity index (χ4n) is 2.78. The first kappa shape index (κ1) is 16.5. The van der Waals surface area contributed by atoms with E-state index >= 15 is 0 Å². The Bertz CT molecular complexity index is 601. The molecule has 0 fully saturated rings. The topological polar surface area (TPSA) is 46.0 Å². The van der Waals surface area contributed by atoms with Gasteiger partial charge < -0.3 is 10.2 Å². The standard InChI is InChI=1S/C17H27N5/c1-12(2)16-15(17(21(4)5)22(6)20-16)11-19-13(3)14-8-7-9-18-10-14/h7-10,12-13,19H,11H2,1-6H3. The molecule has 0 aliphatic heterocycles. The molecule has 0 aromatic carbocycles. The van der Waals surface area contributed by atoms with Crippen LogP contribution in [0, 0.1) is 0 Å². The van der Waals surface area contributed by atoms with E-state index in [1.165, 1.54) is 11.1 Å². The first-order chi connectivity index (χ1) is 10.4. The van der Waals surface area contributed by atoms with E-state index < -0.39 is 0 Å². The molecule has 0 radical (unpaired) electrons. The van der Waals surface area contributed by atoms with Crippen molar-refractivity contribution in [1.29, 1.82) is 0 Å². The van der Waals surface area contributed by atoms with Crippen molar-refractivity contribution in [2.24, 2.45) is 7.05 Å². The van der Waals surface area contributed by atoms with E-state index in [0.717, 1.165) is 18.1 Å². The number of nitrogens with zero attached hydrogens (tertiary/aromatic N) is 4. The Balaban J connectivity index is 2.21. The highest BCUT2D eigenvalue weighted by molar-refractivity contribution is 5.50. The number of anilines is 1. The molecule has 0 aliphatic carbocycles. The number of aryl methyl sites for hydroxylation is 1. The average molecular weight is 301 g/mol. The fourth-order valence-corrected chi connectivity index (χ4v) is 2.78. The molecule has 0 saturated heterocycles. The van der Waals surface area contributed by atoms with Gasteiger partial charge in [-0.15, -0.1) is 0 Å². The molecule has 0 amide bonds. The Morgan fingerprint density at radius 1 is 1.27 bits per heavy atom. The van der Waals surface area contributed by atoms with Crippen molar-refractivity contribution in [3.8, 4) is 0 Å². The van der Waals surface area contributed by atoms with Gasteiger partial charge in [0.25, 0.3) is 0 Å². The molecule has 2 aromatic heterocycles. The second kappa shape index (κ2) is 6.92. The SMILES string of the molecule is CC(C)c1nn(C)c(N(C)C)c1CNC(C)c1cccnc1. The van der Waals surface area contributed by atoms with Gasteiger partial charge in [0, 0.05) is 51.7 Å². The fraction of sp³-hybridized carbons (Fsp3) is 0.529. The van der Waals surface area contributed by atoms with Crippen LogP contribution in [0.15, 0.2) is 24.5 Å². The van der Waals surface area contributed by atoms with Crippen molar-refractivity contribution >= 4 is 5.82 Å². The minimum Gasteiger partial charge on any atom is -0.363 e. The second-order valence-electron chi connectivity index (χ2n) is 6.25. The van der Waals surface area contributed by atoms with Crippen LogP contribution >= 0.6 is 0 Å². The Morgan fingerprint density at radius 3 is 2.55 bits per heavy atom. The van der Waals surface area contributed by atoms with Crippen LogP contribution in [-0.2, 0) is 13.6 Å². The predicted molar refractivity (Wildman–Crippen MR) is 91.1 cm³/mol. The highest BCUT2D eigenvalue weighted by Gasteiger charge is 2.20. The molecule has 0 spiro atoms. The second-order valence-corrected chi connectivity index (χ2v) is 6.25. The van der Waals surface area contributed by atoms with E-state index in [9.17, 15) is 0 Å². The van der Waals surface area contributed by atoms with Crippen LogP contribution in [0.2, 0.25) is 0 Å². The highest BCUT2D eigenvalue weighted by Crippen LogP contribution is 2.27. The molecule has 1 unspecified atom stereocenters. The lowest BCUT2D eigenvalue weighted by molar-refractivity contribution is 0.569. The number of aromatic nitrogens is 3. The van der Waals surface area contributed by atoms with E-state index in [1.54, 1.807) is 6.20 Å². The molecule has 0 bridgehead atoms. The lowest BCUT2D eigenvalue weighted by Crippen LogP contribution is -2.21. The lowest BCUT2D eigenvalue weighted by atomic mass is 10.0. The van der Waals surface area contributed by atoms with Gasteiger partial charge in [-0.1, -0.05) is 19.9 Å². The molecule has 2 heterocycles. The van der Waals surface area contributed by atoms with Gasteiger partial charge in [-0.2, -0.15) is 5.10 Å². The number of rotatable bonds is 6. The third-order valence-electron chi connectivity index (χ3n) is 3.88. The number of pyridine rings is 1. The Morgan fingerprint density at radius 2 is 2.00 bits per heavy atom. The van der Waals surface area contributed by atoms with E-state index in [-0.39, 0.29) is 6.04 Å². The highest BCUT2D eigenvalue weighted by atomic mass is 15.4. The molecule has 2 aromatic rings. The summed E-state index contributed by atoms with van der Waals surface area (Å²) < 4.78 is 1.97. The summed E-state index contributed by atoms with van der Waals surface area (Å²) >= 11 is 0. The predicted octanol–water partition coefficient (Wildman–Crippen LogP) is 2.86. The van der Waals surface area contributed by atoms with Crippen molar-refractivity contribution in [3.05, 3.63) is 41.3 Å². The van der Waals surface area contributed by atoms with Crippen LogP contribution in [0.4, 0.5) is 5.82 Å². The van der Waals surface area contributed by atoms with Gasteiger partial charge in [0.05, 0.1) is 5.69 Å². The molecule has 1 atom stereocenters. The summed E-state index contributed by atoms with van der Waals surface area (Å²) in [7, 11) is 6.14. The van der Waals surface area contributed by atoms with Crippen LogP contribution in [-0.4, -0.2) is 28.9 Å². The summed E-state index contributed by atoms with van der Waals surface area (Å²) in [6.07, 6.45) is 3.72. The summed E-state index contributed by atoms with van der Waals surface area (Å²) in [5.41, 5.74) is 3.64. The molecule has 0 saturated carbocycles. The number of hydrogen-bond donors (Lipinski definition) is 1. The smallest absolute Gasteiger partial charge is 0.130 e. The van der Waals surface area contributed by atoms with Gasteiger partial charge in [0.2, 0.25) is 0 Å². The summed E-state index contributed by atoms with van der Waals surface area (Å²) in [6.45, 7) is 7.34. The van der Waals surface area contributed by atoms with Gasteiger partial charge >= 0.3 is 0 Å². The monoisotopic (exact) mass is 301 g/mol. The van der Waals surface area contributed by atoms with E-state index in [1.807, 2.05) is 24.0 Å². The van der Waals surface area contributed by atoms with Gasteiger partial charge in [-0.25, -0.2) is 0 Å². The molecule has 1 N–H and O–H groups in total. The van der Waals surface area contributed by atoms with Crippen molar-refractivity contribution in [1.82, 2.24) is 20.1 Å². The zero-order valence-corrected chi connectivity index (χ0v) is 14.5. The minimum absolute atomic E-state index is 0.254. The van der Waals surface area contributed by atoms with Crippen LogP contribution in [0.25, 0.3) is 0 Å². The molecule has 5 heteroatoms. The van der Waals surface area contributed by atoms with Gasteiger partial charge in [-0.3, -0.25) is 9.67 Å². The normalized spacial score (nSPS) is 12.7. The minimum atomic E-state index is 0.254. The largest absolute Gasteiger partial charge is 0.363 e. The van der Waals surface area contributed by atoms with E-state index in [4.69, 9.17) is 5.10 Å². The first-order valence-electron chi connectivity index (χ1n) is 7.78. The lowest BCUT2D eigenvalue weighted by Gasteiger charge is -2.19. The maximum Gasteiger partial charge on any atom is 0.130 e. The summed E-state index contributed by atoms with van der Waals surface area (Å²) in [5, 5.41) is 8.30.